The van der Waals surface area contributed by atoms with E-state index in [2.05, 4.69) is 55.8 Å². The number of aromatic nitrogens is 4. The Morgan fingerprint density at radius 2 is 1.60 bits per heavy atom. The highest BCUT2D eigenvalue weighted by Crippen LogP contribution is 2.45. The first-order chi connectivity index (χ1) is 20.7. The van der Waals surface area contributed by atoms with Crippen LogP contribution in [0.5, 0.6) is 5.75 Å². The largest absolute Gasteiger partial charge is 0.494 e. The molecule has 2 saturated heterocycles. The fourth-order valence-corrected chi connectivity index (χ4v) is 7.83. The van der Waals surface area contributed by atoms with E-state index >= 15 is 0 Å². The van der Waals surface area contributed by atoms with Crippen molar-refractivity contribution < 1.29 is 4.74 Å². The zero-order valence-electron chi connectivity index (χ0n) is 25.0. The summed E-state index contributed by atoms with van der Waals surface area (Å²) < 4.78 is 5.80. The lowest BCUT2D eigenvalue weighted by Crippen LogP contribution is -2.46. The Morgan fingerprint density at radius 3 is 2.33 bits per heavy atom. The van der Waals surface area contributed by atoms with Crippen LogP contribution in [0.2, 0.25) is 10.0 Å². The van der Waals surface area contributed by atoms with Crippen LogP contribution < -0.4 is 25.6 Å². The predicted molar refractivity (Wildman–Crippen MR) is 180 cm³/mol. The van der Waals surface area contributed by atoms with Crippen LogP contribution in [0.4, 0.5) is 28.8 Å². The fourth-order valence-electron chi connectivity index (χ4n) is 6.20. The first-order valence-corrected chi connectivity index (χ1v) is 17.5. The molecule has 12 heteroatoms. The van der Waals surface area contributed by atoms with E-state index in [0.29, 0.717) is 38.7 Å². The summed E-state index contributed by atoms with van der Waals surface area (Å²) >= 11 is 13.4. The third kappa shape index (κ3) is 6.32. The third-order valence-electron chi connectivity index (χ3n) is 8.79. The highest BCUT2D eigenvalue weighted by molar-refractivity contribution is 7.65. The van der Waals surface area contributed by atoms with Gasteiger partial charge in [0.15, 0.2) is 5.82 Å². The van der Waals surface area contributed by atoms with Crippen LogP contribution in [0, 0.1) is 5.41 Å². The minimum atomic E-state index is -0.500. The van der Waals surface area contributed by atoms with Gasteiger partial charge in [-0.2, -0.15) is 4.98 Å². The first-order valence-electron chi connectivity index (χ1n) is 14.5. The van der Waals surface area contributed by atoms with Crippen molar-refractivity contribution in [2.75, 3.05) is 69.2 Å². The van der Waals surface area contributed by atoms with E-state index in [-0.39, 0.29) is 0 Å². The number of nitrogens with zero attached hydrogens (tertiary/aromatic N) is 6. The molecule has 2 aliphatic heterocycles. The second-order valence-corrected chi connectivity index (χ2v) is 14.8. The summed E-state index contributed by atoms with van der Waals surface area (Å²) in [6, 6.07) is 7.85. The molecule has 4 heterocycles. The van der Waals surface area contributed by atoms with E-state index in [4.69, 9.17) is 32.9 Å². The maximum Gasteiger partial charge on any atom is 0.229 e. The van der Waals surface area contributed by atoms with E-state index in [1.807, 2.05) is 24.3 Å². The van der Waals surface area contributed by atoms with Crippen LogP contribution in [-0.4, -0.2) is 78.5 Å². The standard InChI is InChI=1S/C31H37Cl2N8OP/c1-40-13-7-31(8-14-40)9-15-41(16-10-31)25-18-26(42-2)24(17-20(25)32)38-30-36-19-21(33)29(39-30)37-23-6-5-22-27(28(23)43(3)4)35-12-11-34-22/h5-6,11-12,17-19H,7-10,13-16H2,1-4H3,(H2,36,37,38,39). The molecule has 2 fully saturated rings. The molecule has 1 spiro atoms. The third-order valence-corrected chi connectivity index (χ3v) is 10.7. The Labute approximate surface area is 264 Å². The molecule has 0 atom stereocenters. The molecule has 6 rings (SSSR count). The monoisotopic (exact) mass is 638 g/mol. The number of benzene rings is 2. The van der Waals surface area contributed by atoms with Gasteiger partial charge in [0.25, 0.3) is 0 Å². The number of nitrogens with one attached hydrogen (secondary N) is 2. The second kappa shape index (κ2) is 12.6. The molecule has 0 aliphatic carbocycles. The van der Waals surface area contributed by atoms with Gasteiger partial charge in [0.2, 0.25) is 5.95 Å². The maximum absolute atomic E-state index is 6.89. The number of likely N-dealkylation sites (tertiary alicyclic amines) is 1. The fraction of sp³-hybridized carbons (Fsp3) is 0.419. The quantitative estimate of drug-likeness (QED) is 0.210. The van der Waals surface area contributed by atoms with E-state index in [9.17, 15) is 0 Å². The summed E-state index contributed by atoms with van der Waals surface area (Å²) in [6.45, 7) is 8.75. The number of rotatable bonds is 7. The first kappa shape index (κ1) is 30.1. The smallest absolute Gasteiger partial charge is 0.229 e. The van der Waals surface area contributed by atoms with Crippen LogP contribution in [-0.2, 0) is 0 Å². The molecular formula is C31H37Cl2N8OP. The predicted octanol–water partition coefficient (Wildman–Crippen LogP) is 6.90. The minimum absolute atomic E-state index is 0.369. The highest BCUT2D eigenvalue weighted by Gasteiger charge is 2.37. The molecule has 0 saturated carbocycles. The van der Waals surface area contributed by atoms with Crippen molar-refractivity contribution in [3.05, 3.63) is 52.9 Å². The van der Waals surface area contributed by atoms with Gasteiger partial charge in [0.1, 0.15) is 10.8 Å². The van der Waals surface area contributed by atoms with Crippen LogP contribution >= 0.6 is 31.1 Å². The molecule has 9 nitrogen and oxygen atoms in total. The maximum atomic E-state index is 6.89. The molecule has 43 heavy (non-hydrogen) atoms. The Kier molecular flexibility index (Phi) is 8.79. The van der Waals surface area contributed by atoms with Gasteiger partial charge in [-0.3, -0.25) is 9.97 Å². The second-order valence-electron chi connectivity index (χ2n) is 11.7. The average Bonchev–Trinajstić information content (AvgIpc) is 3.01. The molecule has 2 N–H and O–H groups in total. The molecule has 4 aromatic rings. The summed E-state index contributed by atoms with van der Waals surface area (Å²) in [5.74, 6) is 1.52. The van der Waals surface area contributed by atoms with Crippen molar-refractivity contribution in [3.8, 4) is 5.75 Å². The SMILES string of the molecule is COc1cc(N2CCC3(CCN(C)CC3)CC2)c(Cl)cc1Nc1ncc(Cl)c(Nc2ccc3nccnc3c2P(C)C)n1. The van der Waals surface area contributed by atoms with Gasteiger partial charge in [0.05, 0.1) is 40.7 Å². The topological polar surface area (TPSA) is 91.3 Å². The number of halogens is 2. The van der Waals surface area contributed by atoms with E-state index < -0.39 is 7.92 Å². The van der Waals surface area contributed by atoms with Gasteiger partial charge in [-0.15, -0.1) is 0 Å². The van der Waals surface area contributed by atoms with E-state index in [0.717, 1.165) is 40.8 Å². The molecule has 0 bridgehead atoms. The molecule has 2 aliphatic rings. The summed E-state index contributed by atoms with van der Waals surface area (Å²) in [5, 5.41) is 8.88. The lowest BCUT2D eigenvalue weighted by molar-refractivity contribution is 0.0945. The number of piperidine rings is 2. The Bertz CT molecular complexity index is 1620. The van der Waals surface area contributed by atoms with Crippen LogP contribution in [0.25, 0.3) is 11.0 Å². The molecular weight excluding hydrogens is 602 g/mol. The number of ether oxygens (including phenoxy) is 1. The lowest BCUT2D eigenvalue weighted by atomic mass is 9.71. The zero-order valence-corrected chi connectivity index (χ0v) is 27.4. The van der Waals surface area contributed by atoms with E-state index in [1.165, 1.54) is 38.8 Å². The lowest BCUT2D eigenvalue weighted by Gasteiger charge is -2.47. The summed E-state index contributed by atoms with van der Waals surface area (Å²) in [6.07, 6.45) is 9.95. The highest BCUT2D eigenvalue weighted by atomic mass is 35.5. The zero-order chi connectivity index (χ0) is 30.1. The van der Waals surface area contributed by atoms with Gasteiger partial charge in [-0.25, -0.2) is 4.98 Å². The molecule has 2 aromatic carbocycles. The van der Waals surface area contributed by atoms with Gasteiger partial charge in [-0.05, 0) is 82.8 Å². The number of hydrogen-bond acceptors (Lipinski definition) is 9. The Hall–Kier alpha value is -2.97. The van der Waals surface area contributed by atoms with Crippen LogP contribution in [0.15, 0.2) is 42.9 Å². The summed E-state index contributed by atoms with van der Waals surface area (Å²) in [7, 11) is 3.38. The number of anilines is 5. The molecule has 0 radical (unpaired) electrons. The van der Waals surface area contributed by atoms with Crippen molar-refractivity contribution in [2.45, 2.75) is 25.7 Å². The van der Waals surface area contributed by atoms with Gasteiger partial charge in [-0.1, -0.05) is 31.1 Å². The van der Waals surface area contributed by atoms with E-state index in [1.54, 1.807) is 25.7 Å². The number of fused-ring (bicyclic) bond motifs is 1. The van der Waals surface area contributed by atoms with Crippen molar-refractivity contribution in [1.29, 1.82) is 0 Å². The number of hydrogen-bond donors (Lipinski definition) is 2. The van der Waals surface area contributed by atoms with Crippen LogP contribution in [0.3, 0.4) is 0 Å². The van der Waals surface area contributed by atoms with Gasteiger partial charge in [0, 0.05) is 42.5 Å². The van der Waals surface area contributed by atoms with Gasteiger partial charge >= 0.3 is 0 Å². The van der Waals surface area contributed by atoms with Crippen molar-refractivity contribution in [2.24, 2.45) is 5.41 Å². The molecule has 2 aromatic heterocycles. The molecule has 0 amide bonds. The van der Waals surface area contributed by atoms with Crippen molar-refractivity contribution >= 4 is 76.3 Å². The van der Waals surface area contributed by atoms with Crippen LogP contribution in [0.1, 0.15) is 25.7 Å². The number of methoxy groups -OCH3 is 1. The molecule has 0 unspecified atom stereocenters. The van der Waals surface area contributed by atoms with Crippen molar-refractivity contribution in [3.63, 3.8) is 0 Å². The summed E-state index contributed by atoms with van der Waals surface area (Å²) in [5.41, 5.74) is 4.77. The Balaban J connectivity index is 1.22. The molecule has 226 valence electrons. The Morgan fingerprint density at radius 1 is 0.884 bits per heavy atom. The normalized spacial score (nSPS) is 17.0. The van der Waals surface area contributed by atoms with Gasteiger partial charge < -0.3 is 25.2 Å². The van der Waals surface area contributed by atoms with Crippen molar-refractivity contribution in [1.82, 2.24) is 24.8 Å². The summed E-state index contributed by atoms with van der Waals surface area (Å²) in [4.78, 5) is 23.0. The minimum Gasteiger partial charge on any atom is -0.494 e. The average molecular weight is 640 g/mol.